The number of carboxylic acids is 1. The van der Waals surface area contributed by atoms with Crippen LogP contribution >= 0.6 is 0 Å². The van der Waals surface area contributed by atoms with Crippen LogP contribution in [-0.2, 0) is 19.1 Å². The Morgan fingerprint density at radius 2 is 1.88 bits per heavy atom. The maximum Gasteiger partial charge on any atom is 0.332 e. The van der Waals surface area contributed by atoms with Gasteiger partial charge in [-0.15, -0.1) is 0 Å². The van der Waals surface area contributed by atoms with Gasteiger partial charge >= 0.3 is 5.97 Å². The molecule has 0 aromatic heterocycles. The van der Waals surface area contributed by atoms with Gasteiger partial charge in [0.15, 0.2) is 6.10 Å². The van der Waals surface area contributed by atoms with Crippen molar-refractivity contribution in [2.75, 3.05) is 13.7 Å². The predicted molar refractivity (Wildman–Crippen MR) is 87.6 cm³/mol. The van der Waals surface area contributed by atoms with Crippen LogP contribution in [0.5, 0.6) is 0 Å². The van der Waals surface area contributed by atoms with Crippen molar-refractivity contribution in [1.82, 2.24) is 4.90 Å². The molecule has 1 saturated heterocycles. The normalized spacial score (nSPS) is 34.8. The SMILES string of the molecule is CCOC1CC(N(C)C(=O)[C@@H]2CC[C@H](C(=O)O)O2)C12CCCCC2. The lowest BCUT2D eigenvalue weighted by Crippen LogP contribution is -2.66. The van der Waals surface area contributed by atoms with Gasteiger partial charge in [-0.05, 0) is 39.0 Å². The number of rotatable bonds is 5. The van der Waals surface area contributed by atoms with Gasteiger partial charge in [-0.1, -0.05) is 19.3 Å². The van der Waals surface area contributed by atoms with Gasteiger partial charge in [-0.25, -0.2) is 4.79 Å². The lowest BCUT2D eigenvalue weighted by Gasteiger charge is -2.60. The van der Waals surface area contributed by atoms with E-state index in [0.29, 0.717) is 19.4 Å². The van der Waals surface area contributed by atoms with Crippen LogP contribution in [-0.4, -0.2) is 59.9 Å². The highest BCUT2D eigenvalue weighted by Gasteiger charge is 2.58. The second-order valence-corrected chi connectivity index (χ2v) is 7.47. The summed E-state index contributed by atoms with van der Waals surface area (Å²) in [6.45, 7) is 2.74. The van der Waals surface area contributed by atoms with Crippen molar-refractivity contribution < 1.29 is 24.2 Å². The minimum absolute atomic E-state index is 0.0661. The van der Waals surface area contributed by atoms with Crippen molar-refractivity contribution in [1.29, 1.82) is 0 Å². The summed E-state index contributed by atoms with van der Waals surface area (Å²) >= 11 is 0. The van der Waals surface area contributed by atoms with Crippen LogP contribution < -0.4 is 0 Å². The topological polar surface area (TPSA) is 76.1 Å². The molecule has 136 valence electrons. The summed E-state index contributed by atoms with van der Waals surface area (Å²) in [7, 11) is 1.85. The van der Waals surface area contributed by atoms with Crippen molar-refractivity contribution in [2.45, 2.75) is 82.6 Å². The quantitative estimate of drug-likeness (QED) is 0.831. The van der Waals surface area contributed by atoms with E-state index in [1.54, 1.807) is 0 Å². The Morgan fingerprint density at radius 1 is 1.21 bits per heavy atom. The van der Waals surface area contributed by atoms with Crippen molar-refractivity contribution >= 4 is 11.9 Å². The average Bonchev–Trinajstić information content (AvgIpc) is 3.08. The number of carbonyl (C=O) groups is 2. The maximum atomic E-state index is 12.8. The van der Waals surface area contributed by atoms with E-state index in [1.165, 1.54) is 19.3 Å². The summed E-state index contributed by atoms with van der Waals surface area (Å²) in [6, 6.07) is 0.189. The molecule has 1 aliphatic heterocycles. The Labute approximate surface area is 143 Å². The Kier molecular flexibility index (Phi) is 5.16. The molecular weight excluding hydrogens is 310 g/mol. The third kappa shape index (κ3) is 2.94. The van der Waals surface area contributed by atoms with Gasteiger partial charge in [-0.3, -0.25) is 4.79 Å². The number of aliphatic carboxylic acids is 1. The zero-order valence-corrected chi connectivity index (χ0v) is 14.7. The molecule has 0 aromatic rings. The summed E-state index contributed by atoms with van der Waals surface area (Å²) in [5, 5.41) is 9.04. The van der Waals surface area contributed by atoms with E-state index in [0.717, 1.165) is 19.3 Å². The number of ether oxygens (including phenoxy) is 2. The van der Waals surface area contributed by atoms with E-state index in [9.17, 15) is 9.59 Å². The monoisotopic (exact) mass is 339 g/mol. The van der Waals surface area contributed by atoms with E-state index in [4.69, 9.17) is 14.6 Å². The largest absolute Gasteiger partial charge is 0.479 e. The van der Waals surface area contributed by atoms with Crippen LogP contribution in [0.1, 0.15) is 58.3 Å². The van der Waals surface area contributed by atoms with Crippen molar-refractivity contribution in [3.05, 3.63) is 0 Å². The van der Waals surface area contributed by atoms with Crippen LogP contribution in [0.2, 0.25) is 0 Å². The molecule has 2 aliphatic carbocycles. The number of nitrogens with zero attached hydrogens (tertiary/aromatic N) is 1. The molecule has 1 spiro atoms. The number of likely N-dealkylation sites (N-methyl/N-ethyl adjacent to an activating group) is 1. The highest BCUT2D eigenvalue weighted by Crippen LogP contribution is 2.55. The van der Waals surface area contributed by atoms with Crippen LogP contribution in [0, 0.1) is 5.41 Å². The standard InChI is InChI=1S/C18H29NO5/c1-3-23-15-11-14(18(15)9-5-4-6-10-18)19(2)16(20)12-7-8-13(24-12)17(21)22/h12-15H,3-11H2,1-2H3,(H,21,22)/t12-,13+,14?,15?/m0/s1. The van der Waals surface area contributed by atoms with Crippen LogP contribution in [0.4, 0.5) is 0 Å². The Hall–Kier alpha value is -1.14. The molecule has 0 bridgehead atoms. The minimum Gasteiger partial charge on any atom is -0.479 e. The molecule has 6 heteroatoms. The molecular formula is C18H29NO5. The zero-order chi connectivity index (χ0) is 17.3. The van der Waals surface area contributed by atoms with Crippen molar-refractivity contribution in [2.24, 2.45) is 5.41 Å². The van der Waals surface area contributed by atoms with Gasteiger partial charge in [0, 0.05) is 25.1 Å². The van der Waals surface area contributed by atoms with Gasteiger partial charge in [0.25, 0.3) is 5.91 Å². The molecule has 2 saturated carbocycles. The summed E-state index contributed by atoms with van der Waals surface area (Å²) in [4.78, 5) is 25.7. The van der Waals surface area contributed by atoms with Gasteiger partial charge in [0.2, 0.25) is 0 Å². The van der Waals surface area contributed by atoms with Gasteiger partial charge < -0.3 is 19.5 Å². The van der Waals surface area contributed by atoms with Gasteiger partial charge in [0.05, 0.1) is 6.10 Å². The Morgan fingerprint density at radius 3 is 2.46 bits per heavy atom. The third-order valence-corrected chi connectivity index (χ3v) is 6.28. The second-order valence-electron chi connectivity index (χ2n) is 7.47. The van der Waals surface area contributed by atoms with Crippen LogP contribution in [0.15, 0.2) is 0 Å². The highest BCUT2D eigenvalue weighted by molar-refractivity contribution is 5.83. The molecule has 3 aliphatic rings. The third-order valence-electron chi connectivity index (χ3n) is 6.28. The molecule has 2 unspecified atom stereocenters. The first kappa shape index (κ1) is 17.7. The summed E-state index contributed by atoms with van der Waals surface area (Å²) in [6.07, 6.45) is 6.47. The fourth-order valence-corrected chi connectivity index (χ4v) is 4.95. The first-order chi connectivity index (χ1) is 11.5. The van der Waals surface area contributed by atoms with Crippen molar-refractivity contribution in [3.8, 4) is 0 Å². The van der Waals surface area contributed by atoms with Crippen molar-refractivity contribution in [3.63, 3.8) is 0 Å². The number of amides is 1. The number of carboxylic acid groups (broad SMARTS) is 1. The molecule has 24 heavy (non-hydrogen) atoms. The first-order valence-electron chi connectivity index (χ1n) is 9.26. The molecule has 1 amide bonds. The average molecular weight is 339 g/mol. The number of hydrogen-bond donors (Lipinski definition) is 1. The van der Waals surface area contributed by atoms with Gasteiger partial charge in [-0.2, -0.15) is 0 Å². The van der Waals surface area contributed by atoms with E-state index in [-0.39, 0.29) is 23.5 Å². The zero-order valence-electron chi connectivity index (χ0n) is 14.7. The fourth-order valence-electron chi connectivity index (χ4n) is 4.95. The number of hydrogen-bond acceptors (Lipinski definition) is 4. The predicted octanol–water partition coefficient (Wildman–Crippen LogP) is 2.20. The lowest BCUT2D eigenvalue weighted by molar-refractivity contribution is -0.190. The molecule has 3 fully saturated rings. The Bertz CT molecular complexity index is 488. The summed E-state index contributed by atoms with van der Waals surface area (Å²) in [5.74, 6) is -1.04. The summed E-state index contributed by atoms with van der Waals surface area (Å²) in [5.41, 5.74) is 0.0868. The van der Waals surface area contributed by atoms with Gasteiger partial charge in [0.1, 0.15) is 6.10 Å². The van der Waals surface area contributed by atoms with Crippen LogP contribution in [0.25, 0.3) is 0 Å². The van der Waals surface area contributed by atoms with E-state index in [2.05, 4.69) is 0 Å². The van der Waals surface area contributed by atoms with E-state index < -0.39 is 18.2 Å². The molecule has 3 rings (SSSR count). The van der Waals surface area contributed by atoms with Crippen LogP contribution in [0.3, 0.4) is 0 Å². The first-order valence-corrected chi connectivity index (χ1v) is 9.26. The van der Waals surface area contributed by atoms with E-state index in [1.807, 2.05) is 18.9 Å². The highest BCUT2D eigenvalue weighted by atomic mass is 16.5. The molecule has 4 atom stereocenters. The number of carbonyl (C=O) groups excluding carboxylic acids is 1. The molecule has 1 N–H and O–H groups in total. The summed E-state index contributed by atoms with van der Waals surface area (Å²) < 4.78 is 11.4. The Balaban J connectivity index is 1.66. The van der Waals surface area contributed by atoms with E-state index >= 15 is 0 Å². The molecule has 0 aromatic carbocycles. The minimum atomic E-state index is -0.975. The molecule has 1 heterocycles. The fraction of sp³-hybridized carbons (Fsp3) is 0.889. The molecule has 0 radical (unpaired) electrons. The lowest BCUT2D eigenvalue weighted by atomic mass is 9.54. The second kappa shape index (κ2) is 7.00. The maximum absolute atomic E-state index is 12.8. The molecule has 6 nitrogen and oxygen atoms in total. The smallest absolute Gasteiger partial charge is 0.332 e.